The van der Waals surface area contributed by atoms with Crippen LogP contribution >= 0.6 is 0 Å². The number of carbonyl (C=O) groups excluding carboxylic acids is 1. The molecule has 1 amide bonds. The minimum Gasteiger partial charge on any atom is -0.321 e. The fourth-order valence-corrected chi connectivity index (χ4v) is 3.29. The number of carbonyl (C=O) groups is 1. The lowest BCUT2D eigenvalue weighted by Gasteiger charge is -2.10. The van der Waals surface area contributed by atoms with Gasteiger partial charge in [0, 0.05) is 28.7 Å². The van der Waals surface area contributed by atoms with Crippen molar-refractivity contribution in [3.63, 3.8) is 0 Å². The van der Waals surface area contributed by atoms with Crippen LogP contribution in [0.3, 0.4) is 0 Å². The number of nitro benzene ring substituents is 1. The van der Waals surface area contributed by atoms with E-state index in [0.29, 0.717) is 22.5 Å². The number of aryl methyl sites for hydroxylation is 2. The molecule has 0 saturated carbocycles. The van der Waals surface area contributed by atoms with Gasteiger partial charge in [-0.15, -0.1) is 0 Å². The van der Waals surface area contributed by atoms with Crippen molar-refractivity contribution in [1.82, 2.24) is 4.57 Å². The summed E-state index contributed by atoms with van der Waals surface area (Å²) >= 11 is 0. The van der Waals surface area contributed by atoms with E-state index in [9.17, 15) is 20.2 Å². The molecule has 0 aliphatic rings. The van der Waals surface area contributed by atoms with Crippen molar-refractivity contribution < 1.29 is 9.72 Å². The van der Waals surface area contributed by atoms with Gasteiger partial charge in [-0.05, 0) is 56.7 Å². The molecule has 0 bridgehead atoms. The Balaban J connectivity index is 1.98. The molecular formula is C23H20N4O3. The van der Waals surface area contributed by atoms with E-state index in [1.54, 1.807) is 37.3 Å². The number of anilines is 1. The van der Waals surface area contributed by atoms with Crippen molar-refractivity contribution in [2.24, 2.45) is 0 Å². The van der Waals surface area contributed by atoms with Gasteiger partial charge >= 0.3 is 0 Å². The Hall–Kier alpha value is -4.18. The summed E-state index contributed by atoms with van der Waals surface area (Å²) in [5.41, 5.74) is 4.12. The van der Waals surface area contributed by atoms with E-state index in [4.69, 9.17) is 0 Å². The quantitative estimate of drug-likeness (QED) is 0.286. The normalized spacial score (nSPS) is 11.1. The standard InChI is InChI=1S/C23H20N4O3/c1-15-9-10-21(13-22(15)27(29)30)26-16(2)11-18(17(26)3)12-19(14-24)23(28)25-20-7-5-4-6-8-20/h4-13H,1-3H3,(H,25,28). The molecule has 1 heterocycles. The van der Waals surface area contributed by atoms with Crippen LogP contribution in [0.25, 0.3) is 11.8 Å². The monoisotopic (exact) mass is 400 g/mol. The number of nitriles is 1. The molecule has 0 fully saturated rings. The average Bonchev–Trinajstić information content (AvgIpc) is 3.00. The number of hydrogen-bond donors (Lipinski definition) is 1. The molecule has 3 rings (SSSR count). The van der Waals surface area contributed by atoms with Crippen LogP contribution < -0.4 is 5.32 Å². The van der Waals surface area contributed by atoms with Gasteiger partial charge in [0.1, 0.15) is 11.6 Å². The third-order valence-corrected chi connectivity index (χ3v) is 4.81. The molecule has 1 aromatic heterocycles. The molecule has 0 aliphatic carbocycles. The molecule has 1 N–H and O–H groups in total. The summed E-state index contributed by atoms with van der Waals surface area (Å²) in [6.07, 6.45) is 1.53. The molecule has 0 radical (unpaired) electrons. The maximum atomic E-state index is 12.5. The zero-order valence-electron chi connectivity index (χ0n) is 16.8. The maximum Gasteiger partial charge on any atom is 0.274 e. The lowest BCUT2D eigenvalue weighted by Crippen LogP contribution is -2.13. The summed E-state index contributed by atoms with van der Waals surface area (Å²) in [4.78, 5) is 23.4. The van der Waals surface area contributed by atoms with E-state index in [1.165, 1.54) is 12.1 Å². The van der Waals surface area contributed by atoms with Gasteiger partial charge in [-0.1, -0.05) is 24.3 Å². The van der Waals surface area contributed by atoms with Crippen LogP contribution in [0, 0.1) is 42.2 Å². The van der Waals surface area contributed by atoms with Gasteiger partial charge in [0.25, 0.3) is 11.6 Å². The second-order valence-corrected chi connectivity index (χ2v) is 6.88. The Morgan fingerprint density at radius 1 is 1.13 bits per heavy atom. The molecule has 0 atom stereocenters. The average molecular weight is 400 g/mol. The number of nitrogens with one attached hydrogen (secondary N) is 1. The smallest absolute Gasteiger partial charge is 0.274 e. The molecule has 0 unspecified atom stereocenters. The topological polar surface area (TPSA) is 101 Å². The van der Waals surface area contributed by atoms with Crippen molar-refractivity contribution in [3.8, 4) is 11.8 Å². The zero-order valence-corrected chi connectivity index (χ0v) is 16.8. The third kappa shape index (κ3) is 4.13. The highest BCUT2D eigenvalue weighted by Crippen LogP contribution is 2.27. The molecule has 0 spiro atoms. The van der Waals surface area contributed by atoms with Crippen molar-refractivity contribution in [2.45, 2.75) is 20.8 Å². The number of hydrogen-bond acceptors (Lipinski definition) is 4. The van der Waals surface area contributed by atoms with Crippen LogP contribution in [0.4, 0.5) is 11.4 Å². The summed E-state index contributed by atoms with van der Waals surface area (Å²) in [6, 6.07) is 17.7. The van der Waals surface area contributed by atoms with Gasteiger partial charge in [-0.25, -0.2) is 0 Å². The van der Waals surface area contributed by atoms with Gasteiger partial charge < -0.3 is 9.88 Å². The molecule has 150 valence electrons. The number of amides is 1. The van der Waals surface area contributed by atoms with E-state index >= 15 is 0 Å². The van der Waals surface area contributed by atoms with Gasteiger partial charge in [0.15, 0.2) is 0 Å². The van der Waals surface area contributed by atoms with Crippen molar-refractivity contribution in [2.75, 3.05) is 5.32 Å². The molecule has 2 aromatic carbocycles. The van der Waals surface area contributed by atoms with Crippen LogP contribution in [0.1, 0.15) is 22.5 Å². The molecule has 3 aromatic rings. The Bertz CT molecular complexity index is 1200. The summed E-state index contributed by atoms with van der Waals surface area (Å²) < 4.78 is 1.86. The minimum atomic E-state index is -0.500. The van der Waals surface area contributed by atoms with Crippen LogP contribution in [-0.4, -0.2) is 15.4 Å². The Kier molecular flexibility index (Phi) is 5.79. The first-order valence-corrected chi connectivity index (χ1v) is 9.24. The number of nitro groups is 1. The van der Waals surface area contributed by atoms with Crippen LogP contribution in [0.2, 0.25) is 0 Å². The van der Waals surface area contributed by atoms with Crippen LogP contribution in [0.5, 0.6) is 0 Å². The first kappa shape index (κ1) is 20.6. The number of aromatic nitrogens is 1. The van der Waals surface area contributed by atoms with E-state index in [1.807, 2.05) is 42.7 Å². The van der Waals surface area contributed by atoms with Crippen molar-refractivity contribution in [3.05, 3.63) is 92.8 Å². The van der Waals surface area contributed by atoms with Crippen LogP contribution in [0.15, 0.2) is 60.2 Å². The lowest BCUT2D eigenvalue weighted by atomic mass is 10.1. The summed E-state index contributed by atoms with van der Waals surface area (Å²) in [5.74, 6) is -0.500. The summed E-state index contributed by atoms with van der Waals surface area (Å²) in [7, 11) is 0. The second-order valence-electron chi connectivity index (χ2n) is 6.88. The Labute approximate surface area is 174 Å². The number of nitrogens with zero attached hydrogens (tertiary/aromatic N) is 3. The molecule has 0 saturated heterocycles. The van der Waals surface area contributed by atoms with E-state index in [0.717, 1.165) is 11.4 Å². The van der Waals surface area contributed by atoms with Crippen molar-refractivity contribution in [1.29, 1.82) is 5.26 Å². The van der Waals surface area contributed by atoms with E-state index < -0.39 is 10.8 Å². The lowest BCUT2D eigenvalue weighted by molar-refractivity contribution is -0.385. The highest BCUT2D eigenvalue weighted by molar-refractivity contribution is 6.09. The number of para-hydroxylation sites is 1. The van der Waals surface area contributed by atoms with Gasteiger partial charge in [-0.3, -0.25) is 14.9 Å². The van der Waals surface area contributed by atoms with E-state index in [-0.39, 0.29) is 11.3 Å². The number of benzene rings is 2. The van der Waals surface area contributed by atoms with E-state index in [2.05, 4.69) is 5.32 Å². The Morgan fingerprint density at radius 2 is 1.83 bits per heavy atom. The predicted molar refractivity (Wildman–Crippen MR) is 115 cm³/mol. The zero-order chi connectivity index (χ0) is 21.8. The maximum absolute atomic E-state index is 12.5. The highest BCUT2D eigenvalue weighted by atomic mass is 16.6. The van der Waals surface area contributed by atoms with Gasteiger partial charge in [-0.2, -0.15) is 5.26 Å². The fraction of sp³-hybridized carbons (Fsp3) is 0.130. The number of rotatable bonds is 5. The molecular weight excluding hydrogens is 380 g/mol. The molecule has 7 nitrogen and oxygen atoms in total. The van der Waals surface area contributed by atoms with Gasteiger partial charge in [0.2, 0.25) is 0 Å². The fourth-order valence-electron chi connectivity index (χ4n) is 3.29. The Morgan fingerprint density at radius 3 is 2.47 bits per heavy atom. The largest absolute Gasteiger partial charge is 0.321 e. The summed E-state index contributed by atoms with van der Waals surface area (Å²) in [5, 5.41) is 23.5. The minimum absolute atomic E-state index is 0.0333. The van der Waals surface area contributed by atoms with Crippen molar-refractivity contribution >= 4 is 23.4 Å². The third-order valence-electron chi connectivity index (χ3n) is 4.81. The first-order valence-electron chi connectivity index (χ1n) is 9.24. The van der Waals surface area contributed by atoms with Crippen LogP contribution in [-0.2, 0) is 4.79 Å². The SMILES string of the molecule is Cc1ccc(-n2c(C)cc(C=C(C#N)C(=O)Nc3ccccc3)c2C)cc1[N+](=O)[O-]. The highest BCUT2D eigenvalue weighted by Gasteiger charge is 2.17. The predicted octanol–water partition coefficient (Wildman–Crippen LogP) is 4.86. The summed E-state index contributed by atoms with van der Waals surface area (Å²) in [6.45, 7) is 5.40. The van der Waals surface area contributed by atoms with Gasteiger partial charge in [0.05, 0.1) is 10.6 Å². The molecule has 30 heavy (non-hydrogen) atoms. The first-order chi connectivity index (χ1) is 14.3. The molecule has 7 heteroatoms. The second kappa shape index (κ2) is 8.45. The molecule has 0 aliphatic heterocycles.